The number of anilines is 1. The van der Waals surface area contributed by atoms with Crippen molar-refractivity contribution < 1.29 is 27.7 Å². The number of carbonyl (C=O) groups is 2. The second kappa shape index (κ2) is 9.63. The molecule has 0 bridgehead atoms. The first-order chi connectivity index (χ1) is 14.7. The Balaban J connectivity index is 2.12. The fourth-order valence-electron chi connectivity index (χ4n) is 2.65. The topological polar surface area (TPSA) is 145 Å². The number of nitro benzene ring substituents is 1. The summed E-state index contributed by atoms with van der Waals surface area (Å²) in [6.45, 7) is 5.74. The summed E-state index contributed by atoms with van der Waals surface area (Å²) in [5.41, 5.74) is -0.618. The van der Waals surface area contributed by atoms with E-state index in [1.165, 1.54) is 37.3 Å². The summed E-state index contributed by atoms with van der Waals surface area (Å²) in [6.07, 6.45) is 0. The van der Waals surface area contributed by atoms with Gasteiger partial charge >= 0.3 is 5.97 Å². The molecule has 2 aromatic rings. The second-order valence-corrected chi connectivity index (χ2v) is 9.89. The number of nitro groups is 1. The molecular weight excluding hydrogens is 462 g/mol. The Morgan fingerprint density at radius 2 is 1.84 bits per heavy atom. The van der Waals surface area contributed by atoms with Gasteiger partial charge in [0, 0.05) is 11.6 Å². The zero-order valence-electron chi connectivity index (χ0n) is 17.8. The summed E-state index contributed by atoms with van der Waals surface area (Å²) in [5.74, 6) is -1.67. The summed E-state index contributed by atoms with van der Waals surface area (Å²) < 4.78 is 32.5. The van der Waals surface area contributed by atoms with Crippen LogP contribution in [0.3, 0.4) is 0 Å². The molecular formula is C20H22ClN3O7S. The predicted molar refractivity (Wildman–Crippen MR) is 118 cm³/mol. The molecule has 0 spiro atoms. The fourth-order valence-corrected chi connectivity index (χ4v) is 4.60. The lowest BCUT2D eigenvalue weighted by Gasteiger charge is -2.21. The highest BCUT2D eigenvalue weighted by Crippen LogP contribution is 2.26. The van der Waals surface area contributed by atoms with Crippen molar-refractivity contribution >= 4 is 44.9 Å². The fraction of sp³-hybridized carbons (Fsp3) is 0.300. The lowest BCUT2D eigenvalue weighted by molar-refractivity contribution is -0.385. The molecule has 0 unspecified atom stereocenters. The first kappa shape index (κ1) is 25.2. The lowest BCUT2D eigenvalue weighted by Crippen LogP contribution is -2.40. The molecule has 0 aromatic heterocycles. The van der Waals surface area contributed by atoms with Gasteiger partial charge in [-0.05, 0) is 52.0 Å². The van der Waals surface area contributed by atoms with E-state index in [2.05, 4.69) is 10.0 Å². The van der Waals surface area contributed by atoms with Crippen molar-refractivity contribution in [1.29, 1.82) is 0 Å². The largest absolute Gasteiger partial charge is 0.452 e. The Hall–Kier alpha value is -3.02. The number of halogens is 1. The Bertz CT molecular complexity index is 1170. The molecule has 32 heavy (non-hydrogen) atoms. The number of sulfonamides is 1. The summed E-state index contributed by atoms with van der Waals surface area (Å²) in [7, 11) is -4.02. The van der Waals surface area contributed by atoms with Crippen LogP contribution in [0, 0.1) is 17.0 Å². The maximum Gasteiger partial charge on any atom is 0.338 e. The van der Waals surface area contributed by atoms with Gasteiger partial charge < -0.3 is 10.1 Å². The highest BCUT2D eigenvalue weighted by Gasteiger charge is 2.26. The van der Waals surface area contributed by atoms with E-state index in [-0.39, 0.29) is 32.4 Å². The van der Waals surface area contributed by atoms with Crippen molar-refractivity contribution in [2.24, 2.45) is 0 Å². The molecule has 0 fully saturated rings. The third-order valence-electron chi connectivity index (χ3n) is 4.01. The minimum absolute atomic E-state index is 0.0859. The molecule has 0 radical (unpaired) electrons. The average molecular weight is 484 g/mol. The number of benzene rings is 2. The Morgan fingerprint density at radius 1 is 1.19 bits per heavy atom. The van der Waals surface area contributed by atoms with Crippen molar-refractivity contribution in [3.63, 3.8) is 0 Å². The lowest BCUT2D eigenvalue weighted by atomic mass is 10.1. The number of rotatable bonds is 7. The molecule has 0 heterocycles. The van der Waals surface area contributed by atoms with Crippen LogP contribution in [0.4, 0.5) is 11.4 Å². The van der Waals surface area contributed by atoms with Crippen LogP contribution in [-0.4, -0.2) is 37.4 Å². The molecule has 12 heteroatoms. The highest BCUT2D eigenvalue weighted by atomic mass is 35.5. The van der Waals surface area contributed by atoms with Gasteiger partial charge in [-0.2, -0.15) is 0 Å². The van der Waals surface area contributed by atoms with Gasteiger partial charge in [0.1, 0.15) is 4.90 Å². The standard InChI is InChI=1S/C20H22ClN3O7S/c1-12-15(6-5-7-16(12)24(27)28)22-18(25)11-31-19(26)13-8-9-14(21)17(10-13)32(29,30)23-20(2,3)4/h5-10,23H,11H2,1-4H3,(H,22,25). The van der Waals surface area contributed by atoms with Gasteiger partial charge in [-0.25, -0.2) is 17.9 Å². The molecule has 2 aromatic carbocycles. The summed E-state index contributed by atoms with van der Waals surface area (Å²) in [4.78, 5) is 34.6. The number of hydrogen-bond donors (Lipinski definition) is 2. The van der Waals surface area contributed by atoms with E-state index in [9.17, 15) is 28.1 Å². The normalized spacial score (nSPS) is 11.7. The molecule has 0 aliphatic carbocycles. The van der Waals surface area contributed by atoms with E-state index in [1.807, 2.05) is 0 Å². The third kappa shape index (κ3) is 6.49. The van der Waals surface area contributed by atoms with Gasteiger partial charge in [-0.15, -0.1) is 0 Å². The summed E-state index contributed by atoms with van der Waals surface area (Å²) in [6, 6.07) is 7.74. The SMILES string of the molecule is Cc1c(NC(=O)COC(=O)c2ccc(Cl)c(S(=O)(=O)NC(C)(C)C)c2)cccc1[N+](=O)[O-]. The van der Waals surface area contributed by atoms with E-state index < -0.39 is 39.0 Å². The molecule has 0 saturated heterocycles. The summed E-state index contributed by atoms with van der Waals surface area (Å²) in [5, 5.41) is 13.3. The monoisotopic (exact) mass is 483 g/mol. The number of amides is 1. The highest BCUT2D eigenvalue weighted by molar-refractivity contribution is 7.89. The van der Waals surface area contributed by atoms with Crippen LogP contribution in [0.5, 0.6) is 0 Å². The maximum atomic E-state index is 12.6. The van der Waals surface area contributed by atoms with Gasteiger partial charge in [0.2, 0.25) is 10.0 Å². The number of nitrogens with one attached hydrogen (secondary N) is 2. The Kier molecular flexibility index (Phi) is 7.60. The predicted octanol–water partition coefficient (Wildman–Crippen LogP) is 3.43. The first-order valence-electron chi connectivity index (χ1n) is 9.26. The number of ether oxygens (including phenoxy) is 1. The summed E-state index contributed by atoms with van der Waals surface area (Å²) >= 11 is 6.00. The van der Waals surface area contributed by atoms with Crippen molar-refractivity contribution in [2.75, 3.05) is 11.9 Å². The zero-order valence-corrected chi connectivity index (χ0v) is 19.3. The van der Waals surface area contributed by atoms with Gasteiger partial charge in [0.15, 0.2) is 6.61 Å². The van der Waals surface area contributed by atoms with Gasteiger partial charge in [0.05, 0.1) is 26.8 Å². The van der Waals surface area contributed by atoms with E-state index >= 15 is 0 Å². The number of hydrogen-bond acceptors (Lipinski definition) is 7. The minimum atomic E-state index is -4.02. The smallest absolute Gasteiger partial charge is 0.338 e. The average Bonchev–Trinajstić information content (AvgIpc) is 2.65. The van der Waals surface area contributed by atoms with E-state index in [1.54, 1.807) is 20.8 Å². The molecule has 1 amide bonds. The zero-order chi connectivity index (χ0) is 24.3. The van der Waals surface area contributed by atoms with Gasteiger partial charge in [-0.3, -0.25) is 14.9 Å². The number of carbonyl (C=O) groups excluding carboxylic acids is 2. The maximum absolute atomic E-state index is 12.6. The Morgan fingerprint density at radius 3 is 2.44 bits per heavy atom. The molecule has 0 atom stereocenters. The van der Waals surface area contributed by atoms with Crippen molar-refractivity contribution in [3.05, 3.63) is 62.7 Å². The van der Waals surface area contributed by atoms with Gasteiger partial charge in [0.25, 0.3) is 11.6 Å². The van der Waals surface area contributed by atoms with Crippen LogP contribution in [0.25, 0.3) is 0 Å². The minimum Gasteiger partial charge on any atom is -0.452 e. The van der Waals surface area contributed by atoms with Crippen LogP contribution in [0.2, 0.25) is 5.02 Å². The van der Waals surface area contributed by atoms with Crippen LogP contribution < -0.4 is 10.0 Å². The van der Waals surface area contributed by atoms with Crippen molar-refractivity contribution in [3.8, 4) is 0 Å². The molecule has 0 aliphatic rings. The molecule has 2 N–H and O–H groups in total. The van der Waals surface area contributed by atoms with Crippen LogP contribution in [-0.2, 0) is 19.6 Å². The molecule has 172 valence electrons. The van der Waals surface area contributed by atoms with Crippen LogP contribution >= 0.6 is 11.6 Å². The van der Waals surface area contributed by atoms with Crippen LogP contribution in [0.1, 0.15) is 36.7 Å². The van der Waals surface area contributed by atoms with E-state index in [0.717, 1.165) is 6.07 Å². The van der Waals surface area contributed by atoms with Crippen molar-refractivity contribution in [2.45, 2.75) is 38.1 Å². The quantitative estimate of drug-likeness (QED) is 0.348. The molecule has 0 saturated carbocycles. The molecule has 0 aliphatic heterocycles. The molecule has 2 rings (SSSR count). The Labute approximate surface area is 190 Å². The van der Waals surface area contributed by atoms with Crippen molar-refractivity contribution in [1.82, 2.24) is 4.72 Å². The van der Waals surface area contributed by atoms with Crippen LogP contribution in [0.15, 0.2) is 41.3 Å². The van der Waals surface area contributed by atoms with Gasteiger partial charge in [-0.1, -0.05) is 17.7 Å². The number of esters is 1. The molecule has 10 nitrogen and oxygen atoms in total. The van der Waals surface area contributed by atoms with E-state index in [0.29, 0.717) is 0 Å². The third-order valence-corrected chi connectivity index (χ3v) is 6.25. The first-order valence-corrected chi connectivity index (χ1v) is 11.1. The second-order valence-electron chi connectivity index (χ2n) is 7.83. The number of nitrogens with zero attached hydrogens (tertiary/aromatic N) is 1. The van der Waals surface area contributed by atoms with E-state index in [4.69, 9.17) is 16.3 Å².